The maximum Gasteiger partial charge on any atom is 0.310 e. The highest BCUT2D eigenvalue weighted by molar-refractivity contribution is 7.89. The van der Waals surface area contributed by atoms with Crippen LogP contribution in [0, 0.1) is 5.92 Å². The molecule has 1 heterocycles. The predicted molar refractivity (Wildman–Crippen MR) is 113 cm³/mol. The number of hydrogen-bond acceptors (Lipinski definition) is 5. The topological polar surface area (TPSA) is 92.8 Å². The molecule has 1 atom stereocenters. The zero-order valence-electron chi connectivity index (χ0n) is 16.9. The number of ether oxygens (including phenoxy) is 1. The summed E-state index contributed by atoms with van der Waals surface area (Å²) in [6.45, 7) is 2.66. The molecule has 160 valence electrons. The molecule has 2 aromatic rings. The van der Waals surface area contributed by atoms with E-state index in [1.54, 1.807) is 61.5 Å². The van der Waals surface area contributed by atoms with Crippen LogP contribution in [0.1, 0.15) is 25.3 Å². The Labute approximate surface area is 177 Å². The Balaban J connectivity index is 1.61. The van der Waals surface area contributed by atoms with Gasteiger partial charge in [0.15, 0.2) is 0 Å². The second kappa shape index (κ2) is 9.86. The van der Waals surface area contributed by atoms with Crippen molar-refractivity contribution in [3.05, 3.63) is 60.2 Å². The minimum absolute atomic E-state index is 0.157. The summed E-state index contributed by atoms with van der Waals surface area (Å²) in [5, 5.41) is 2.85. The summed E-state index contributed by atoms with van der Waals surface area (Å²) in [7, 11) is -3.61. The van der Waals surface area contributed by atoms with Gasteiger partial charge >= 0.3 is 5.97 Å². The van der Waals surface area contributed by atoms with E-state index in [-0.39, 0.29) is 29.7 Å². The van der Waals surface area contributed by atoms with Gasteiger partial charge in [-0.1, -0.05) is 30.3 Å². The molecule has 0 aromatic heterocycles. The predicted octanol–water partition coefficient (Wildman–Crippen LogP) is 2.83. The van der Waals surface area contributed by atoms with Crippen molar-refractivity contribution in [3.63, 3.8) is 0 Å². The fourth-order valence-corrected chi connectivity index (χ4v) is 4.99. The second-order valence-electron chi connectivity index (χ2n) is 7.18. The van der Waals surface area contributed by atoms with Gasteiger partial charge in [0.25, 0.3) is 0 Å². The lowest BCUT2D eigenvalue weighted by Crippen LogP contribution is -2.43. The standard InChI is InChI=1S/C22H26N2O5S/c1-2-29-21(25)15-17-10-12-19(13-11-17)23-22(26)18-7-6-14-24(16-18)30(27,28)20-8-4-3-5-9-20/h3-5,8-13,18H,2,6-7,14-16H2,1H3,(H,23,26)/t18-/m0/s1. The van der Waals surface area contributed by atoms with Gasteiger partial charge in [-0.05, 0) is 49.6 Å². The molecule has 2 aromatic carbocycles. The van der Waals surface area contributed by atoms with Crippen molar-refractivity contribution in [2.45, 2.75) is 31.1 Å². The van der Waals surface area contributed by atoms with Crippen molar-refractivity contribution in [1.29, 1.82) is 0 Å². The summed E-state index contributed by atoms with van der Waals surface area (Å²) in [5.41, 5.74) is 1.40. The Morgan fingerprint density at radius 2 is 1.80 bits per heavy atom. The molecule has 7 nitrogen and oxygen atoms in total. The smallest absolute Gasteiger partial charge is 0.310 e. The molecule has 1 fully saturated rings. The van der Waals surface area contributed by atoms with Crippen LogP contribution >= 0.6 is 0 Å². The fourth-order valence-electron chi connectivity index (χ4n) is 3.45. The number of nitrogens with zero attached hydrogens (tertiary/aromatic N) is 1. The highest BCUT2D eigenvalue weighted by Gasteiger charge is 2.33. The first kappa shape index (κ1) is 22.0. The third-order valence-corrected chi connectivity index (χ3v) is 6.89. The van der Waals surface area contributed by atoms with Gasteiger partial charge in [-0.3, -0.25) is 9.59 Å². The molecule has 1 saturated heterocycles. The Hall–Kier alpha value is -2.71. The molecule has 30 heavy (non-hydrogen) atoms. The van der Waals surface area contributed by atoms with E-state index in [0.29, 0.717) is 31.7 Å². The van der Waals surface area contributed by atoms with Gasteiger partial charge in [0.2, 0.25) is 15.9 Å². The molecule has 1 aliphatic rings. The lowest BCUT2D eigenvalue weighted by Gasteiger charge is -2.31. The highest BCUT2D eigenvalue weighted by atomic mass is 32.2. The van der Waals surface area contributed by atoms with Crippen molar-refractivity contribution < 1.29 is 22.7 Å². The van der Waals surface area contributed by atoms with E-state index in [1.807, 2.05) is 0 Å². The second-order valence-corrected chi connectivity index (χ2v) is 9.12. The first-order valence-corrected chi connectivity index (χ1v) is 11.4. The number of nitrogens with one attached hydrogen (secondary N) is 1. The zero-order chi connectivity index (χ0) is 21.6. The number of carbonyl (C=O) groups excluding carboxylic acids is 2. The normalized spacial score (nSPS) is 17.3. The zero-order valence-corrected chi connectivity index (χ0v) is 17.7. The lowest BCUT2D eigenvalue weighted by molar-refractivity contribution is -0.142. The molecule has 0 saturated carbocycles. The van der Waals surface area contributed by atoms with Crippen molar-refractivity contribution in [3.8, 4) is 0 Å². The highest BCUT2D eigenvalue weighted by Crippen LogP contribution is 2.25. The maximum absolute atomic E-state index is 12.8. The number of amides is 1. The number of carbonyl (C=O) groups is 2. The summed E-state index contributed by atoms with van der Waals surface area (Å²) >= 11 is 0. The molecule has 0 radical (unpaired) electrons. The maximum atomic E-state index is 12.8. The van der Waals surface area contributed by atoms with Crippen LogP contribution in [0.25, 0.3) is 0 Å². The van der Waals surface area contributed by atoms with Gasteiger partial charge in [0, 0.05) is 18.8 Å². The van der Waals surface area contributed by atoms with Crippen LogP contribution < -0.4 is 5.32 Å². The lowest BCUT2D eigenvalue weighted by atomic mass is 9.98. The summed E-state index contributed by atoms with van der Waals surface area (Å²) in [4.78, 5) is 24.5. The molecule has 0 aliphatic carbocycles. The Morgan fingerprint density at radius 1 is 1.10 bits per heavy atom. The number of benzene rings is 2. The average Bonchev–Trinajstić information content (AvgIpc) is 2.76. The monoisotopic (exact) mass is 430 g/mol. The molecular formula is C22H26N2O5S. The Kier molecular flexibility index (Phi) is 7.23. The SMILES string of the molecule is CCOC(=O)Cc1ccc(NC(=O)[C@H]2CCCN(S(=O)(=O)c3ccccc3)C2)cc1. The van der Waals surface area contributed by atoms with Crippen LogP contribution in [0.3, 0.4) is 0 Å². The van der Waals surface area contributed by atoms with E-state index in [9.17, 15) is 18.0 Å². The summed E-state index contributed by atoms with van der Waals surface area (Å²) in [6, 6.07) is 15.3. The van der Waals surface area contributed by atoms with Crippen molar-refractivity contribution in [2.75, 3.05) is 25.0 Å². The van der Waals surface area contributed by atoms with Crippen LogP contribution in [0.5, 0.6) is 0 Å². The fraction of sp³-hybridized carbons (Fsp3) is 0.364. The Morgan fingerprint density at radius 3 is 2.47 bits per heavy atom. The molecule has 1 amide bonds. The average molecular weight is 431 g/mol. The van der Waals surface area contributed by atoms with Crippen LogP contribution in [0.15, 0.2) is 59.5 Å². The minimum atomic E-state index is -3.61. The van der Waals surface area contributed by atoms with Gasteiger partial charge in [0.1, 0.15) is 0 Å². The van der Waals surface area contributed by atoms with Gasteiger partial charge in [-0.25, -0.2) is 8.42 Å². The van der Waals surface area contributed by atoms with Gasteiger partial charge < -0.3 is 10.1 Å². The van der Waals surface area contributed by atoms with E-state index in [0.717, 1.165) is 5.56 Å². The molecule has 0 unspecified atom stereocenters. The molecule has 0 bridgehead atoms. The molecule has 3 rings (SSSR count). The number of anilines is 1. The van der Waals surface area contributed by atoms with Crippen molar-refractivity contribution >= 4 is 27.6 Å². The van der Waals surface area contributed by atoms with E-state index in [2.05, 4.69) is 5.32 Å². The Bertz CT molecular complexity index is 974. The molecule has 0 spiro atoms. The van der Waals surface area contributed by atoms with E-state index in [4.69, 9.17) is 4.74 Å². The van der Waals surface area contributed by atoms with E-state index < -0.39 is 15.9 Å². The number of piperidine rings is 1. The number of sulfonamides is 1. The third kappa shape index (κ3) is 5.46. The third-order valence-electron chi connectivity index (χ3n) is 5.01. The quantitative estimate of drug-likeness (QED) is 0.682. The van der Waals surface area contributed by atoms with Crippen molar-refractivity contribution in [2.24, 2.45) is 5.92 Å². The summed E-state index contributed by atoms with van der Waals surface area (Å²) < 4.78 is 32.0. The van der Waals surface area contributed by atoms with Crippen LogP contribution in [0.2, 0.25) is 0 Å². The molecular weight excluding hydrogens is 404 g/mol. The largest absolute Gasteiger partial charge is 0.466 e. The summed E-state index contributed by atoms with van der Waals surface area (Å²) in [6.07, 6.45) is 1.44. The van der Waals surface area contributed by atoms with Crippen LogP contribution in [-0.2, 0) is 30.8 Å². The van der Waals surface area contributed by atoms with Gasteiger partial charge in [-0.2, -0.15) is 4.31 Å². The number of hydrogen-bond donors (Lipinski definition) is 1. The van der Waals surface area contributed by atoms with Crippen LogP contribution in [-0.4, -0.2) is 44.3 Å². The molecule has 1 N–H and O–H groups in total. The number of esters is 1. The van der Waals surface area contributed by atoms with E-state index in [1.165, 1.54) is 4.31 Å². The van der Waals surface area contributed by atoms with Gasteiger partial charge in [-0.15, -0.1) is 0 Å². The van der Waals surface area contributed by atoms with Crippen LogP contribution in [0.4, 0.5) is 5.69 Å². The number of rotatable bonds is 7. The molecule has 1 aliphatic heterocycles. The van der Waals surface area contributed by atoms with Gasteiger partial charge in [0.05, 0.1) is 23.8 Å². The molecule has 8 heteroatoms. The summed E-state index contributed by atoms with van der Waals surface area (Å²) in [5.74, 6) is -0.922. The van der Waals surface area contributed by atoms with Crippen molar-refractivity contribution in [1.82, 2.24) is 4.31 Å². The minimum Gasteiger partial charge on any atom is -0.466 e. The first-order chi connectivity index (χ1) is 14.4. The first-order valence-electron chi connectivity index (χ1n) is 10.0. The van der Waals surface area contributed by atoms with E-state index >= 15 is 0 Å².